The summed E-state index contributed by atoms with van der Waals surface area (Å²) in [6, 6.07) is 53.4. The van der Waals surface area contributed by atoms with Crippen LogP contribution in [0.2, 0.25) is 0 Å². The third-order valence-corrected chi connectivity index (χ3v) is 26.0. The van der Waals surface area contributed by atoms with Gasteiger partial charge in [0.1, 0.15) is 0 Å². The third-order valence-electron chi connectivity index (χ3n) is 22.1. The van der Waals surface area contributed by atoms with E-state index in [-0.39, 0.29) is 31.6 Å². The summed E-state index contributed by atoms with van der Waals surface area (Å²) in [4.78, 5) is 19.7. The van der Waals surface area contributed by atoms with Gasteiger partial charge in [-0.3, -0.25) is 4.79 Å². The number of hydrogen-bond acceptors (Lipinski definition) is 7. The average Bonchev–Trinajstić information content (AvgIpc) is 1.66. The van der Waals surface area contributed by atoms with Gasteiger partial charge in [0.05, 0.1) is 5.35 Å². The van der Waals surface area contributed by atoms with Crippen molar-refractivity contribution in [3.63, 3.8) is 0 Å². The molecule has 550 valence electrons. The number of fused-ring (bicyclic) bond motifs is 3. The zero-order valence-electron chi connectivity index (χ0n) is 63.9. The van der Waals surface area contributed by atoms with Gasteiger partial charge in [-0.05, 0) is 43.2 Å². The molecule has 1 aliphatic carbocycles. The minimum absolute atomic E-state index is 0.00266. The van der Waals surface area contributed by atoms with Gasteiger partial charge < -0.3 is 9.67 Å². The van der Waals surface area contributed by atoms with Crippen LogP contribution in [0.3, 0.4) is 0 Å². The first kappa shape index (κ1) is 75.2. The zero-order chi connectivity index (χ0) is 72.6. The zero-order valence-corrected chi connectivity index (χ0v) is 66.4. The third kappa shape index (κ3) is 16.7. The number of carbonyl (C=O) groups excluding carboxylic acids is 1. The molecule has 1 aliphatic heterocycles. The Kier molecular flexibility index (Phi) is 26.1. The number of ether oxygens (including phenoxy) is 3. The van der Waals surface area contributed by atoms with Crippen molar-refractivity contribution in [2.45, 2.75) is 228 Å². The topological polar surface area (TPSA) is 83.9 Å². The van der Waals surface area contributed by atoms with Crippen LogP contribution in [-0.4, -0.2) is 66.1 Å². The summed E-state index contributed by atoms with van der Waals surface area (Å²) in [5.74, 6) is 2.45. The molecular formula is C94H112N4O5SSe. The van der Waals surface area contributed by atoms with Gasteiger partial charge in [0.25, 0.3) is 0 Å². The fraction of sp³-hybridized carbons (Fsp3) is 0.426. The van der Waals surface area contributed by atoms with E-state index in [2.05, 4.69) is 206 Å². The Morgan fingerprint density at radius 1 is 0.524 bits per heavy atom. The van der Waals surface area contributed by atoms with Crippen molar-refractivity contribution >= 4 is 119 Å². The normalized spacial score (nSPS) is 13.7. The molecule has 105 heavy (non-hydrogen) atoms. The maximum atomic E-state index is 15.0. The van der Waals surface area contributed by atoms with E-state index in [0.717, 1.165) is 145 Å². The Hall–Kier alpha value is -8.08. The van der Waals surface area contributed by atoms with E-state index in [1.807, 2.05) is 24.3 Å². The maximum absolute atomic E-state index is 15.0. The first-order valence-electron chi connectivity index (χ1n) is 40.6. The van der Waals surface area contributed by atoms with E-state index in [0.29, 0.717) is 12.2 Å². The predicted molar refractivity (Wildman–Crippen MR) is 445 cm³/mol. The summed E-state index contributed by atoms with van der Waals surface area (Å²) in [6.07, 6.45) is 35.4. The van der Waals surface area contributed by atoms with Gasteiger partial charge in [-0.25, -0.2) is 0 Å². The molecule has 0 N–H and O–H groups in total. The van der Waals surface area contributed by atoms with Gasteiger partial charge >= 0.3 is 368 Å². The standard InChI is InChI=1S/C94H112N4O5SSe/c1-8-13-18-23-27-31-57-96-80-56-55-73(74-41-38-42-75(89(74)80)82(96)63-78-91(99)87(92(78)100)66(6)90-77-43-36-39-67-40-37-44-79(88(67)77)97(90)58-32-28-24-19-14-9-2)85-65-84(103-61-33-22-17-12-5)93(104-85)86-64-83-94(105-86)76-54-49-70(62-81(76)95(83)7)98(68-45-50-71(51-46-68)101-59-34-29-25-20-15-10-3)69-47-52-72(53-48-69)102-60-35-30-26-21-16-11-4/h36-56,62-65H,8-35,57-61H2,1-7H3. The van der Waals surface area contributed by atoms with E-state index < -0.39 is 0 Å². The first-order valence-corrected chi connectivity index (χ1v) is 43.1. The Morgan fingerprint density at radius 3 is 1.70 bits per heavy atom. The number of thiophene rings is 1. The molecule has 0 fully saturated rings. The number of aromatic nitrogens is 2. The molecule has 9 nitrogen and oxygen atoms in total. The minimum atomic E-state index is -0.158. The Morgan fingerprint density at radius 2 is 1.08 bits per heavy atom. The second-order valence-electron chi connectivity index (χ2n) is 29.7. The number of unbranched alkanes of at least 4 members (excludes halogenated alkanes) is 23. The molecule has 0 spiro atoms. The number of ketones is 1. The molecule has 11 aromatic rings. The van der Waals surface area contributed by atoms with Gasteiger partial charge in [-0.15, -0.1) is 0 Å². The van der Waals surface area contributed by atoms with Crippen LogP contribution in [-0.2, 0) is 18.4 Å². The van der Waals surface area contributed by atoms with Gasteiger partial charge in [-0.2, -0.15) is 0 Å². The number of rotatable bonds is 43. The fourth-order valence-corrected chi connectivity index (χ4v) is 20.2. The van der Waals surface area contributed by atoms with Gasteiger partial charge in [0.15, 0.2) is 0 Å². The number of hydrogen-bond donors (Lipinski definition) is 0. The van der Waals surface area contributed by atoms with Gasteiger partial charge in [0, 0.05) is 28.4 Å². The quantitative estimate of drug-likeness (QED) is 0.0164. The number of allylic oxidation sites excluding steroid dienone is 3. The van der Waals surface area contributed by atoms with Crippen molar-refractivity contribution in [2.75, 3.05) is 31.3 Å². The summed E-state index contributed by atoms with van der Waals surface area (Å²) in [5, 5.41) is 23.1. The summed E-state index contributed by atoms with van der Waals surface area (Å²) >= 11 is 1.85. The Labute approximate surface area is 635 Å². The molecule has 0 bridgehead atoms. The molecule has 7 aromatic carbocycles. The van der Waals surface area contributed by atoms with Crippen LogP contribution in [0.1, 0.15) is 227 Å². The molecule has 13 rings (SSSR count). The number of aryl methyl sites for hydroxylation is 2. The number of Topliss-reactive ketones (excluding diaryl/α,β-unsaturated/α-hetero) is 1. The molecule has 0 amide bonds. The molecule has 5 heterocycles. The number of benzene rings is 7. The average molecular weight is 1490 g/mol. The van der Waals surface area contributed by atoms with Gasteiger partial charge in [-0.1, -0.05) is 180 Å². The second kappa shape index (κ2) is 36.5. The number of nitrogens with zero attached hydrogens (tertiary/aromatic N) is 4. The van der Waals surface area contributed by atoms with Crippen molar-refractivity contribution in [2.24, 2.45) is 7.05 Å². The molecule has 4 aromatic heterocycles. The molecule has 0 saturated carbocycles. The van der Waals surface area contributed by atoms with E-state index in [1.54, 1.807) is 0 Å². The molecular weight excluding hydrogens is 1380 g/mol. The number of anilines is 3. The summed E-state index contributed by atoms with van der Waals surface area (Å²) in [6.45, 7) is 17.1. The van der Waals surface area contributed by atoms with Crippen LogP contribution in [0.5, 0.6) is 17.2 Å². The predicted octanol–water partition coefficient (Wildman–Crippen LogP) is 24.8. The Balaban J connectivity index is 0.827. The van der Waals surface area contributed by atoms with Crippen LogP contribution in [0.4, 0.5) is 22.7 Å². The fourth-order valence-electron chi connectivity index (χ4n) is 16.3. The van der Waals surface area contributed by atoms with Crippen LogP contribution in [0.15, 0.2) is 169 Å². The van der Waals surface area contributed by atoms with Crippen LogP contribution in [0, 0.1) is 0 Å². The SMILES string of the molecule is CCCCCCCCOc1ccc(N(c2ccc(OCCCCCCCC)cc2)c2ccc3c4[se]c(-c5sc(-c6ccc7c8c(cccc68)C(C=C6C(=O)C(C(C)=c8c9cccc%10cccc(c%109)n8CCCCCCCC)=C6[O-])=[N+]7CCCCCCCC)cc5OCCCCCC)cc4n(C)c3c2)cc1. The van der Waals surface area contributed by atoms with Crippen LogP contribution < -0.4 is 29.6 Å². The molecule has 0 unspecified atom stereocenters. The van der Waals surface area contributed by atoms with E-state index in [4.69, 9.17) is 14.2 Å². The first-order chi connectivity index (χ1) is 51.6. The number of carbonyl (C=O) groups is 1. The van der Waals surface area contributed by atoms with E-state index >= 15 is 0 Å². The molecule has 0 radical (unpaired) electrons. The van der Waals surface area contributed by atoms with E-state index in [1.165, 1.54) is 196 Å². The summed E-state index contributed by atoms with van der Waals surface area (Å²) in [5.41, 5.74) is 12.5. The van der Waals surface area contributed by atoms with Crippen molar-refractivity contribution in [1.29, 1.82) is 0 Å². The van der Waals surface area contributed by atoms with Crippen molar-refractivity contribution in [3.05, 3.63) is 179 Å². The summed E-state index contributed by atoms with van der Waals surface area (Å²) in [7, 11) is 2.23. The molecule has 0 atom stereocenters. The van der Waals surface area contributed by atoms with Crippen LogP contribution >= 0.6 is 11.3 Å². The Bertz CT molecular complexity index is 4870. The molecule has 0 saturated heterocycles. The molecule has 2 aliphatic rings. The van der Waals surface area contributed by atoms with Crippen molar-refractivity contribution in [1.82, 2.24) is 9.13 Å². The van der Waals surface area contributed by atoms with Crippen LogP contribution in [0.25, 0.3) is 78.5 Å². The van der Waals surface area contributed by atoms with Crippen molar-refractivity contribution < 1.29 is 28.7 Å². The molecule has 11 heteroatoms. The summed E-state index contributed by atoms with van der Waals surface area (Å²) < 4.78 is 29.6. The van der Waals surface area contributed by atoms with E-state index in [9.17, 15) is 9.90 Å². The second-order valence-corrected chi connectivity index (χ2v) is 32.9. The van der Waals surface area contributed by atoms with Gasteiger partial charge in [0.2, 0.25) is 0 Å². The monoisotopic (exact) mass is 1490 g/mol. The van der Waals surface area contributed by atoms with Crippen molar-refractivity contribution in [3.8, 4) is 37.0 Å².